The molecule has 0 spiro atoms. The van der Waals surface area contributed by atoms with Crippen LogP contribution in [0.4, 0.5) is 0 Å². The molecule has 0 aromatic heterocycles. The van der Waals surface area contributed by atoms with Gasteiger partial charge in [-0.3, -0.25) is 0 Å². The standard InChI is InChI=1S/C14H14OS/c1-10-7-11(9-12(15)8-10)13-5-3-4-6-14(13)16-2/h3-9,15H,1-2H3. The van der Waals surface area contributed by atoms with Gasteiger partial charge in [-0.2, -0.15) is 0 Å². The van der Waals surface area contributed by atoms with Gasteiger partial charge in [0.15, 0.2) is 0 Å². The van der Waals surface area contributed by atoms with Crippen molar-refractivity contribution in [3.63, 3.8) is 0 Å². The van der Waals surface area contributed by atoms with Crippen LogP contribution in [0.1, 0.15) is 5.56 Å². The van der Waals surface area contributed by atoms with E-state index in [1.54, 1.807) is 17.8 Å². The van der Waals surface area contributed by atoms with E-state index in [4.69, 9.17) is 0 Å². The summed E-state index contributed by atoms with van der Waals surface area (Å²) in [6.45, 7) is 1.99. The highest BCUT2D eigenvalue weighted by atomic mass is 32.2. The fraction of sp³-hybridized carbons (Fsp3) is 0.143. The average molecular weight is 230 g/mol. The number of thioether (sulfide) groups is 1. The quantitative estimate of drug-likeness (QED) is 0.784. The van der Waals surface area contributed by atoms with E-state index in [0.717, 1.165) is 11.1 Å². The molecule has 0 atom stereocenters. The summed E-state index contributed by atoms with van der Waals surface area (Å²) < 4.78 is 0. The van der Waals surface area contributed by atoms with Crippen molar-refractivity contribution in [2.75, 3.05) is 6.26 Å². The van der Waals surface area contributed by atoms with Crippen molar-refractivity contribution in [1.29, 1.82) is 0 Å². The third kappa shape index (κ3) is 2.22. The van der Waals surface area contributed by atoms with Crippen LogP contribution in [0.3, 0.4) is 0 Å². The Morgan fingerprint density at radius 2 is 1.81 bits per heavy atom. The van der Waals surface area contributed by atoms with Crippen LogP contribution in [0.5, 0.6) is 5.75 Å². The molecule has 82 valence electrons. The molecule has 16 heavy (non-hydrogen) atoms. The Balaban J connectivity index is 2.58. The van der Waals surface area contributed by atoms with Gasteiger partial charge in [0.25, 0.3) is 0 Å². The Morgan fingerprint density at radius 1 is 1.06 bits per heavy atom. The van der Waals surface area contributed by atoms with Crippen LogP contribution in [-0.4, -0.2) is 11.4 Å². The summed E-state index contributed by atoms with van der Waals surface area (Å²) in [4.78, 5) is 1.23. The van der Waals surface area contributed by atoms with Crippen molar-refractivity contribution < 1.29 is 5.11 Å². The number of aromatic hydroxyl groups is 1. The topological polar surface area (TPSA) is 20.2 Å². The molecule has 1 nitrogen and oxygen atoms in total. The van der Waals surface area contributed by atoms with E-state index in [1.165, 1.54) is 10.5 Å². The van der Waals surface area contributed by atoms with Crippen LogP contribution < -0.4 is 0 Å². The third-order valence-electron chi connectivity index (χ3n) is 2.48. The molecule has 0 saturated heterocycles. The third-order valence-corrected chi connectivity index (χ3v) is 3.28. The van der Waals surface area contributed by atoms with Gasteiger partial charge in [0.2, 0.25) is 0 Å². The van der Waals surface area contributed by atoms with Crippen LogP contribution in [0.15, 0.2) is 47.4 Å². The molecule has 0 amide bonds. The van der Waals surface area contributed by atoms with Crippen LogP contribution >= 0.6 is 11.8 Å². The van der Waals surface area contributed by atoms with Crippen LogP contribution in [0, 0.1) is 6.92 Å². The van der Waals surface area contributed by atoms with Gasteiger partial charge in [-0.1, -0.05) is 24.3 Å². The highest BCUT2D eigenvalue weighted by molar-refractivity contribution is 7.98. The first kappa shape index (κ1) is 11.1. The SMILES string of the molecule is CSc1ccccc1-c1cc(C)cc(O)c1. The lowest BCUT2D eigenvalue weighted by Crippen LogP contribution is -1.83. The molecular weight excluding hydrogens is 216 g/mol. The van der Waals surface area contributed by atoms with Crippen LogP contribution in [0.2, 0.25) is 0 Å². The maximum Gasteiger partial charge on any atom is 0.116 e. The zero-order valence-electron chi connectivity index (χ0n) is 9.40. The maximum atomic E-state index is 9.61. The summed E-state index contributed by atoms with van der Waals surface area (Å²) in [6.07, 6.45) is 2.06. The van der Waals surface area contributed by atoms with E-state index in [2.05, 4.69) is 24.5 Å². The molecule has 0 aliphatic heterocycles. The van der Waals surface area contributed by atoms with Crippen LogP contribution in [-0.2, 0) is 0 Å². The van der Waals surface area contributed by atoms with Gasteiger partial charge >= 0.3 is 0 Å². The highest BCUT2D eigenvalue weighted by Gasteiger charge is 2.05. The molecule has 0 radical (unpaired) electrons. The number of phenolic OH excluding ortho intramolecular Hbond substituents is 1. The molecule has 2 aromatic rings. The van der Waals surface area contributed by atoms with Gasteiger partial charge in [-0.05, 0) is 48.1 Å². The second-order valence-electron chi connectivity index (χ2n) is 3.76. The maximum absolute atomic E-state index is 9.61. The molecule has 1 N–H and O–H groups in total. The molecule has 2 rings (SSSR count). The number of hydrogen-bond donors (Lipinski definition) is 1. The van der Waals surface area contributed by atoms with Gasteiger partial charge < -0.3 is 5.11 Å². The predicted molar refractivity (Wildman–Crippen MR) is 70.1 cm³/mol. The van der Waals surface area contributed by atoms with Gasteiger partial charge in [-0.25, -0.2) is 0 Å². The number of benzene rings is 2. The van der Waals surface area contributed by atoms with E-state index in [1.807, 2.05) is 25.1 Å². The molecule has 0 bridgehead atoms. The average Bonchev–Trinajstić information content (AvgIpc) is 2.27. The number of aryl methyl sites for hydroxylation is 1. The summed E-state index contributed by atoms with van der Waals surface area (Å²) >= 11 is 1.72. The smallest absolute Gasteiger partial charge is 0.116 e. The van der Waals surface area contributed by atoms with E-state index < -0.39 is 0 Å². The van der Waals surface area contributed by atoms with Crippen molar-refractivity contribution in [1.82, 2.24) is 0 Å². The molecule has 0 saturated carbocycles. The first-order valence-electron chi connectivity index (χ1n) is 5.15. The lowest BCUT2D eigenvalue weighted by atomic mass is 10.0. The summed E-state index contributed by atoms with van der Waals surface area (Å²) in [5.41, 5.74) is 3.32. The normalized spacial score (nSPS) is 10.4. The zero-order valence-corrected chi connectivity index (χ0v) is 10.2. The summed E-state index contributed by atoms with van der Waals surface area (Å²) in [5.74, 6) is 0.325. The van der Waals surface area contributed by atoms with Gasteiger partial charge in [0.1, 0.15) is 5.75 Å². The van der Waals surface area contributed by atoms with Gasteiger partial charge in [-0.15, -0.1) is 11.8 Å². The van der Waals surface area contributed by atoms with E-state index in [9.17, 15) is 5.11 Å². The van der Waals surface area contributed by atoms with Crippen molar-refractivity contribution in [3.05, 3.63) is 48.0 Å². The summed E-state index contributed by atoms with van der Waals surface area (Å²) in [6, 6.07) is 13.9. The molecule has 2 aromatic carbocycles. The largest absolute Gasteiger partial charge is 0.508 e. The van der Waals surface area contributed by atoms with Crippen LogP contribution in [0.25, 0.3) is 11.1 Å². The fourth-order valence-corrected chi connectivity index (χ4v) is 2.42. The van der Waals surface area contributed by atoms with Crippen molar-refractivity contribution in [3.8, 4) is 16.9 Å². The van der Waals surface area contributed by atoms with Crippen molar-refractivity contribution in [2.24, 2.45) is 0 Å². The number of phenols is 1. The number of rotatable bonds is 2. The summed E-state index contributed by atoms with van der Waals surface area (Å²) in [7, 11) is 0. The molecule has 0 unspecified atom stereocenters. The minimum Gasteiger partial charge on any atom is -0.508 e. The molecule has 2 heteroatoms. The molecule has 0 aliphatic rings. The number of hydrogen-bond acceptors (Lipinski definition) is 2. The second-order valence-corrected chi connectivity index (χ2v) is 4.61. The molecular formula is C14H14OS. The fourth-order valence-electron chi connectivity index (χ4n) is 1.80. The minimum absolute atomic E-state index is 0.325. The monoisotopic (exact) mass is 230 g/mol. The molecule has 0 heterocycles. The highest BCUT2D eigenvalue weighted by Crippen LogP contribution is 2.32. The zero-order chi connectivity index (χ0) is 11.5. The summed E-state index contributed by atoms with van der Waals surface area (Å²) in [5, 5.41) is 9.61. The predicted octanol–water partition coefficient (Wildman–Crippen LogP) is 4.09. The minimum atomic E-state index is 0.325. The second kappa shape index (κ2) is 4.62. The van der Waals surface area contributed by atoms with Gasteiger partial charge in [0.05, 0.1) is 0 Å². The first-order chi connectivity index (χ1) is 7.70. The molecule has 0 fully saturated rings. The van der Waals surface area contributed by atoms with E-state index in [-0.39, 0.29) is 0 Å². The van der Waals surface area contributed by atoms with E-state index >= 15 is 0 Å². The lowest BCUT2D eigenvalue weighted by Gasteiger charge is -2.08. The Bertz CT molecular complexity index is 486. The first-order valence-corrected chi connectivity index (χ1v) is 6.37. The Hall–Kier alpha value is -1.41. The Kier molecular flexibility index (Phi) is 3.20. The van der Waals surface area contributed by atoms with Crippen molar-refractivity contribution in [2.45, 2.75) is 11.8 Å². The van der Waals surface area contributed by atoms with Gasteiger partial charge in [0, 0.05) is 4.90 Å². The Labute approximate surface area is 100 Å². The molecule has 0 aliphatic carbocycles. The lowest BCUT2D eigenvalue weighted by molar-refractivity contribution is 0.475. The van der Waals surface area contributed by atoms with E-state index in [0.29, 0.717) is 5.75 Å². The Morgan fingerprint density at radius 3 is 2.50 bits per heavy atom. The van der Waals surface area contributed by atoms with Crippen molar-refractivity contribution >= 4 is 11.8 Å².